The van der Waals surface area contributed by atoms with Crippen molar-refractivity contribution >= 4 is 6.01 Å². The lowest BCUT2D eigenvalue weighted by atomic mass is 10.1. The van der Waals surface area contributed by atoms with Gasteiger partial charge >= 0.3 is 6.61 Å². The molecule has 0 amide bonds. The van der Waals surface area contributed by atoms with Crippen molar-refractivity contribution in [3.63, 3.8) is 0 Å². The van der Waals surface area contributed by atoms with Gasteiger partial charge in [-0.3, -0.25) is 0 Å². The summed E-state index contributed by atoms with van der Waals surface area (Å²) < 4.78 is 34.2. The van der Waals surface area contributed by atoms with E-state index in [1.807, 2.05) is 0 Å². The minimum atomic E-state index is -2.89. The van der Waals surface area contributed by atoms with Gasteiger partial charge in [0.25, 0.3) is 6.01 Å². The number of hydrogen-bond donors (Lipinski definition) is 1. The first-order chi connectivity index (χ1) is 8.08. The normalized spacial score (nSPS) is 10.8. The Morgan fingerprint density at radius 2 is 2.18 bits per heavy atom. The summed E-state index contributed by atoms with van der Waals surface area (Å²) in [6, 6.07) is 4.96. The van der Waals surface area contributed by atoms with E-state index in [-0.39, 0.29) is 11.8 Å². The molecule has 0 fully saturated rings. The molecule has 0 bridgehead atoms. The number of nitrogens with zero attached hydrogens (tertiary/aromatic N) is 1. The lowest BCUT2D eigenvalue weighted by Gasteiger charge is -2.11. The summed E-state index contributed by atoms with van der Waals surface area (Å²) in [6.45, 7) is -1.23. The molecule has 0 radical (unpaired) electrons. The molecule has 0 aliphatic carbocycles. The van der Waals surface area contributed by atoms with E-state index in [9.17, 15) is 8.78 Å². The van der Waals surface area contributed by atoms with Gasteiger partial charge in [-0.15, -0.1) is 0 Å². The third kappa shape index (κ3) is 2.35. The number of nitrogens with two attached hydrogens (primary N) is 1. The number of hydrogen-bond acceptors (Lipinski definition) is 4. The fourth-order valence-electron chi connectivity index (χ4n) is 1.50. The second-order valence-corrected chi connectivity index (χ2v) is 3.39. The molecule has 0 unspecified atom stereocenters. The van der Waals surface area contributed by atoms with E-state index in [1.54, 1.807) is 25.1 Å². The highest BCUT2D eigenvalue weighted by Gasteiger charge is 2.16. The largest absolute Gasteiger partial charge is 0.434 e. The highest BCUT2D eigenvalue weighted by molar-refractivity contribution is 5.67. The van der Waals surface area contributed by atoms with E-state index >= 15 is 0 Å². The summed E-state index contributed by atoms with van der Waals surface area (Å²) >= 11 is 0. The number of ether oxygens (including phenoxy) is 1. The van der Waals surface area contributed by atoms with Crippen LogP contribution in [0.3, 0.4) is 0 Å². The van der Waals surface area contributed by atoms with Crippen molar-refractivity contribution in [3.8, 4) is 17.1 Å². The number of oxazole rings is 1. The first-order valence-corrected chi connectivity index (χ1v) is 4.84. The molecule has 0 saturated carbocycles. The molecule has 17 heavy (non-hydrogen) atoms. The van der Waals surface area contributed by atoms with E-state index in [2.05, 4.69) is 9.72 Å². The minimum absolute atomic E-state index is 0.0236. The van der Waals surface area contributed by atoms with Crippen LogP contribution in [0.2, 0.25) is 0 Å². The standard InChI is InChI=1S/C11H10F2N2O2/c1-6-3-2-4-7(9(6)17-10(12)13)8-5-15-11(14)16-8/h2-5,10H,1H3,(H2,14,15). The van der Waals surface area contributed by atoms with E-state index in [0.29, 0.717) is 16.9 Å². The van der Waals surface area contributed by atoms with Gasteiger partial charge in [-0.2, -0.15) is 8.78 Å². The quantitative estimate of drug-likeness (QED) is 0.896. The zero-order valence-electron chi connectivity index (χ0n) is 8.98. The minimum Gasteiger partial charge on any atom is -0.434 e. The van der Waals surface area contributed by atoms with Crippen LogP contribution in [-0.4, -0.2) is 11.6 Å². The third-order valence-electron chi connectivity index (χ3n) is 2.21. The van der Waals surface area contributed by atoms with Crippen LogP contribution in [0.1, 0.15) is 5.56 Å². The molecule has 4 nitrogen and oxygen atoms in total. The molecular weight excluding hydrogens is 230 g/mol. The summed E-state index contributed by atoms with van der Waals surface area (Å²) in [4.78, 5) is 3.71. The molecule has 2 rings (SSSR count). The van der Waals surface area contributed by atoms with Gasteiger partial charge in [-0.05, 0) is 18.6 Å². The lowest BCUT2D eigenvalue weighted by Crippen LogP contribution is -2.04. The van der Waals surface area contributed by atoms with Crippen molar-refractivity contribution < 1.29 is 17.9 Å². The van der Waals surface area contributed by atoms with Crippen molar-refractivity contribution in [1.82, 2.24) is 4.98 Å². The van der Waals surface area contributed by atoms with Gasteiger partial charge in [0.15, 0.2) is 5.76 Å². The van der Waals surface area contributed by atoms with E-state index in [0.717, 1.165) is 0 Å². The number of benzene rings is 1. The molecule has 0 saturated heterocycles. The molecule has 0 aliphatic rings. The lowest BCUT2D eigenvalue weighted by molar-refractivity contribution is -0.0499. The van der Waals surface area contributed by atoms with Crippen molar-refractivity contribution in [2.24, 2.45) is 0 Å². The van der Waals surface area contributed by atoms with Crippen LogP contribution in [-0.2, 0) is 0 Å². The Labute approximate surface area is 96.0 Å². The van der Waals surface area contributed by atoms with Gasteiger partial charge in [0.1, 0.15) is 5.75 Å². The Bertz CT molecular complexity index is 526. The van der Waals surface area contributed by atoms with Crippen molar-refractivity contribution in [3.05, 3.63) is 30.0 Å². The number of nitrogen functional groups attached to an aromatic ring is 1. The predicted molar refractivity (Wildman–Crippen MR) is 57.7 cm³/mol. The SMILES string of the molecule is Cc1cccc(-c2cnc(N)o2)c1OC(F)F. The Kier molecular flexibility index (Phi) is 2.95. The van der Waals surface area contributed by atoms with Gasteiger partial charge in [0, 0.05) is 0 Å². The molecule has 0 atom stereocenters. The maximum Gasteiger partial charge on any atom is 0.387 e. The van der Waals surface area contributed by atoms with Crippen LogP contribution >= 0.6 is 0 Å². The van der Waals surface area contributed by atoms with Crippen LogP contribution in [0.15, 0.2) is 28.8 Å². The van der Waals surface area contributed by atoms with Gasteiger partial charge < -0.3 is 14.9 Å². The number of aromatic nitrogens is 1. The maximum atomic E-state index is 12.3. The van der Waals surface area contributed by atoms with Crippen LogP contribution in [0.4, 0.5) is 14.8 Å². The average molecular weight is 240 g/mol. The molecule has 1 heterocycles. The van der Waals surface area contributed by atoms with Crippen LogP contribution in [0.5, 0.6) is 5.75 Å². The fraction of sp³-hybridized carbons (Fsp3) is 0.182. The second kappa shape index (κ2) is 4.40. The number of rotatable bonds is 3. The summed E-state index contributed by atoms with van der Waals surface area (Å²) in [5.41, 5.74) is 6.32. The number of para-hydroxylation sites is 1. The topological polar surface area (TPSA) is 61.3 Å². The van der Waals surface area contributed by atoms with Crippen molar-refractivity contribution in [1.29, 1.82) is 0 Å². The van der Waals surface area contributed by atoms with Gasteiger partial charge in [-0.1, -0.05) is 12.1 Å². The van der Waals surface area contributed by atoms with Crippen molar-refractivity contribution in [2.45, 2.75) is 13.5 Å². The highest BCUT2D eigenvalue weighted by Crippen LogP contribution is 2.34. The van der Waals surface area contributed by atoms with Crippen LogP contribution in [0.25, 0.3) is 11.3 Å². The van der Waals surface area contributed by atoms with E-state index < -0.39 is 6.61 Å². The number of halogens is 2. The molecule has 90 valence electrons. The third-order valence-corrected chi connectivity index (χ3v) is 2.21. The molecule has 1 aromatic carbocycles. The predicted octanol–water partition coefficient (Wildman–Crippen LogP) is 2.83. The molecular formula is C11H10F2N2O2. The molecule has 2 N–H and O–H groups in total. The Balaban J connectivity index is 2.49. The summed E-state index contributed by atoms with van der Waals surface area (Å²) in [6.07, 6.45) is 1.36. The smallest absolute Gasteiger partial charge is 0.387 e. The zero-order valence-corrected chi connectivity index (χ0v) is 8.98. The molecule has 2 aromatic rings. The summed E-state index contributed by atoms with van der Waals surface area (Å²) in [5.74, 6) is 0.362. The van der Waals surface area contributed by atoms with Gasteiger partial charge in [0.05, 0.1) is 11.8 Å². The highest BCUT2D eigenvalue weighted by atomic mass is 19.3. The summed E-state index contributed by atoms with van der Waals surface area (Å²) in [5, 5.41) is 0. The van der Waals surface area contributed by atoms with E-state index in [4.69, 9.17) is 10.2 Å². The zero-order chi connectivity index (χ0) is 12.4. The average Bonchev–Trinajstić information content (AvgIpc) is 2.67. The van der Waals surface area contributed by atoms with E-state index in [1.165, 1.54) is 6.20 Å². The van der Waals surface area contributed by atoms with Gasteiger partial charge in [0.2, 0.25) is 0 Å². The molecule has 0 spiro atoms. The number of aryl methyl sites for hydroxylation is 1. The van der Waals surface area contributed by atoms with Crippen LogP contribution in [0, 0.1) is 6.92 Å². The second-order valence-electron chi connectivity index (χ2n) is 3.39. The number of anilines is 1. The summed E-state index contributed by atoms with van der Waals surface area (Å²) in [7, 11) is 0. The van der Waals surface area contributed by atoms with Crippen LogP contribution < -0.4 is 10.5 Å². The first kappa shape index (κ1) is 11.4. The maximum absolute atomic E-state index is 12.3. The number of alkyl halides is 2. The Morgan fingerprint density at radius 3 is 2.76 bits per heavy atom. The Morgan fingerprint density at radius 1 is 1.41 bits per heavy atom. The fourth-order valence-corrected chi connectivity index (χ4v) is 1.50. The monoisotopic (exact) mass is 240 g/mol. The molecule has 1 aromatic heterocycles. The Hall–Kier alpha value is -2.11. The van der Waals surface area contributed by atoms with Gasteiger partial charge in [-0.25, -0.2) is 4.98 Å². The molecule has 6 heteroatoms. The molecule has 0 aliphatic heterocycles. The van der Waals surface area contributed by atoms with Crippen molar-refractivity contribution in [2.75, 3.05) is 5.73 Å². The first-order valence-electron chi connectivity index (χ1n) is 4.84.